The molecule has 0 aliphatic heterocycles. The molecule has 0 saturated carbocycles. The number of nitrogens with one attached hydrogen (secondary N) is 1. The zero-order valence-corrected chi connectivity index (χ0v) is 17.3. The SMILES string of the molecule is CCn1cnc2c1c(=O)nc(Nc1ncc(Br)s1)n2Cc1ccc(Cl)cc1. The highest BCUT2D eigenvalue weighted by atomic mass is 79.9. The first kappa shape index (κ1) is 18.1. The lowest BCUT2D eigenvalue weighted by Crippen LogP contribution is -2.20. The van der Waals surface area contributed by atoms with Gasteiger partial charge in [-0.2, -0.15) is 4.98 Å². The van der Waals surface area contributed by atoms with Gasteiger partial charge in [-0.25, -0.2) is 9.97 Å². The second-order valence-corrected chi connectivity index (χ2v) is 8.60. The molecule has 0 radical (unpaired) electrons. The first-order valence-corrected chi connectivity index (χ1v) is 10.1. The molecule has 0 unspecified atom stereocenters. The van der Waals surface area contributed by atoms with Crippen molar-refractivity contribution < 1.29 is 0 Å². The third kappa shape index (κ3) is 3.62. The molecule has 4 rings (SSSR count). The van der Waals surface area contributed by atoms with E-state index in [1.54, 1.807) is 17.1 Å². The summed E-state index contributed by atoms with van der Waals surface area (Å²) in [5.74, 6) is 0.394. The van der Waals surface area contributed by atoms with Crippen molar-refractivity contribution in [3.8, 4) is 0 Å². The molecule has 138 valence electrons. The van der Waals surface area contributed by atoms with Crippen LogP contribution in [0.5, 0.6) is 0 Å². The minimum absolute atomic E-state index is 0.324. The van der Waals surface area contributed by atoms with Crippen molar-refractivity contribution >= 4 is 61.1 Å². The molecule has 0 spiro atoms. The zero-order valence-electron chi connectivity index (χ0n) is 14.2. The highest BCUT2D eigenvalue weighted by Crippen LogP contribution is 2.26. The van der Waals surface area contributed by atoms with E-state index in [2.05, 4.69) is 36.2 Å². The van der Waals surface area contributed by atoms with Gasteiger partial charge in [0.25, 0.3) is 0 Å². The van der Waals surface area contributed by atoms with Gasteiger partial charge in [0, 0.05) is 11.6 Å². The average Bonchev–Trinajstić information content (AvgIpc) is 3.26. The third-order valence-electron chi connectivity index (χ3n) is 4.03. The van der Waals surface area contributed by atoms with Gasteiger partial charge >= 0.3 is 5.56 Å². The van der Waals surface area contributed by atoms with Gasteiger partial charge in [-0.15, -0.1) is 0 Å². The fraction of sp³-hybridized carbons (Fsp3) is 0.176. The Morgan fingerprint density at radius 1 is 1.26 bits per heavy atom. The van der Waals surface area contributed by atoms with E-state index in [-0.39, 0.29) is 5.56 Å². The quantitative estimate of drug-likeness (QED) is 0.476. The van der Waals surface area contributed by atoms with E-state index in [9.17, 15) is 4.79 Å². The average molecular weight is 466 g/mol. The van der Waals surface area contributed by atoms with Crippen LogP contribution in [0.3, 0.4) is 0 Å². The number of hydrogen-bond donors (Lipinski definition) is 1. The number of imidazole rings is 1. The summed E-state index contributed by atoms with van der Waals surface area (Å²) in [5, 5.41) is 4.44. The molecule has 0 fully saturated rings. The van der Waals surface area contributed by atoms with E-state index in [1.165, 1.54) is 11.3 Å². The number of fused-ring (bicyclic) bond motifs is 1. The highest BCUT2D eigenvalue weighted by molar-refractivity contribution is 9.11. The van der Waals surface area contributed by atoms with Crippen LogP contribution in [-0.2, 0) is 13.1 Å². The summed E-state index contributed by atoms with van der Waals surface area (Å²) in [6.07, 6.45) is 3.36. The van der Waals surface area contributed by atoms with E-state index >= 15 is 0 Å². The van der Waals surface area contributed by atoms with Crippen molar-refractivity contribution in [2.75, 3.05) is 5.32 Å². The summed E-state index contributed by atoms with van der Waals surface area (Å²) in [5.41, 5.74) is 1.75. The Kier molecular flexibility index (Phi) is 4.98. The maximum absolute atomic E-state index is 12.6. The van der Waals surface area contributed by atoms with Gasteiger partial charge in [0.1, 0.15) is 0 Å². The second kappa shape index (κ2) is 7.41. The van der Waals surface area contributed by atoms with Crippen molar-refractivity contribution in [3.63, 3.8) is 0 Å². The van der Waals surface area contributed by atoms with E-state index in [4.69, 9.17) is 11.6 Å². The molecule has 27 heavy (non-hydrogen) atoms. The number of aryl methyl sites for hydroxylation is 1. The largest absolute Gasteiger partial charge is 0.325 e. The molecule has 0 atom stereocenters. The minimum Gasteiger partial charge on any atom is -0.325 e. The summed E-state index contributed by atoms with van der Waals surface area (Å²) >= 11 is 10.8. The molecule has 7 nitrogen and oxygen atoms in total. The van der Waals surface area contributed by atoms with Gasteiger partial charge < -0.3 is 9.88 Å². The van der Waals surface area contributed by atoms with E-state index < -0.39 is 0 Å². The molecule has 10 heteroatoms. The number of halogens is 2. The number of thiazole rings is 1. The van der Waals surface area contributed by atoms with Crippen molar-refractivity contribution in [1.82, 2.24) is 24.1 Å². The Hall–Kier alpha value is -2.23. The number of rotatable bonds is 5. The monoisotopic (exact) mass is 464 g/mol. The predicted octanol–water partition coefficient (Wildman–Crippen LogP) is 4.28. The fourth-order valence-electron chi connectivity index (χ4n) is 2.76. The lowest BCUT2D eigenvalue weighted by molar-refractivity contribution is 0.776. The standard InChI is InChI=1S/C17H14BrClN6OS/c1-2-24-9-21-14-13(24)15(26)22-16(23-17-20-7-12(18)27-17)25(14)8-10-3-5-11(19)6-4-10/h3-7,9H,2,8H2,1H3,(H,20,22,23,26). The molecule has 0 bridgehead atoms. The molecule has 3 heterocycles. The van der Waals surface area contributed by atoms with Crippen LogP contribution in [0.4, 0.5) is 11.1 Å². The van der Waals surface area contributed by atoms with Crippen LogP contribution >= 0.6 is 38.9 Å². The molecular formula is C17H14BrClN6OS. The van der Waals surface area contributed by atoms with Gasteiger partial charge in [0.2, 0.25) is 5.95 Å². The molecule has 3 aromatic heterocycles. The number of nitrogens with zero attached hydrogens (tertiary/aromatic N) is 5. The summed E-state index contributed by atoms with van der Waals surface area (Å²) in [7, 11) is 0. The smallest absolute Gasteiger partial charge is 0.300 e. The maximum Gasteiger partial charge on any atom is 0.300 e. The van der Waals surface area contributed by atoms with Crippen LogP contribution in [0.2, 0.25) is 5.02 Å². The Balaban J connectivity index is 1.87. The van der Waals surface area contributed by atoms with Crippen molar-refractivity contribution in [2.45, 2.75) is 20.0 Å². The topological polar surface area (TPSA) is 77.6 Å². The van der Waals surface area contributed by atoms with E-state index in [0.29, 0.717) is 40.4 Å². The lowest BCUT2D eigenvalue weighted by atomic mass is 10.2. The van der Waals surface area contributed by atoms with Gasteiger partial charge in [0.15, 0.2) is 16.3 Å². The van der Waals surface area contributed by atoms with Crippen LogP contribution in [-0.4, -0.2) is 24.1 Å². The van der Waals surface area contributed by atoms with Gasteiger partial charge in [-0.05, 0) is 40.5 Å². The molecule has 0 aliphatic carbocycles. The van der Waals surface area contributed by atoms with Crippen LogP contribution in [0.25, 0.3) is 11.2 Å². The summed E-state index contributed by atoms with van der Waals surface area (Å²) < 4.78 is 4.56. The second-order valence-electron chi connectivity index (χ2n) is 5.75. The number of aromatic nitrogens is 5. The Bertz CT molecular complexity index is 1170. The number of anilines is 2. The summed E-state index contributed by atoms with van der Waals surface area (Å²) in [4.78, 5) is 25.6. The van der Waals surface area contributed by atoms with E-state index in [0.717, 1.165) is 9.35 Å². The Morgan fingerprint density at radius 2 is 2.04 bits per heavy atom. The molecule has 0 aliphatic rings. The minimum atomic E-state index is -0.324. The van der Waals surface area contributed by atoms with Gasteiger partial charge in [0.05, 0.1) is 22.9 Å². The van der Waals surface area contributed by atoms with E-state index in [1.807, 2.05) is 35.8 Å². The van der Waals surface area contributed by atoms with Crippen LogP contribution in [0.1, 0.15) is 12.5 Å². The molecule has 0 saturated heterocycles. The van der Waals surface area contributed by atoms with Crippen molar-refractivity contribution in [3.05, 3.63) is 61.5 Å². The van der Waals surface area contributed by atoms with Gasteiger partial charge in [-0.1, -0.05) is 35.1 Å². The van der Waals surface area contributed by atoms with Crippen LogP contribution in [0.15, 0.2) is 45.4 Å². The zero-order chi connectivity index (χ0) is 19.0. The molecule has 4 aromatic rings. The molecular weight excluding hydrogens is 452 g/mol. The molecule has 1 N–H and O–H groups in total. The maximum atomic E-state index is 12.6. The molecule has 1 aromatic carbocycles. The number of hydrogen-bond acceptors (Lipinski definition) is 6. The summed E-state index contributed by atoms with van der Waals surface area (Å²) in [6, 6.07) is 7.54. The highest BCUT2D eigenvalue weighted by Gasteiger charge is 2.17. The van der Waals surface area contributed by atoms with Crippen LogP contribution < -0.4 is 10.9 Å². The number of benzene rings is 1. The summed E-state index contributed by atoms with van der Waals surface area (Å²) in [6.45, 7) is 3.08. The normalized spacial score (nSPS) is 11.2. The van der Waals surface area contributed by atoms with Crippen LogP contribution in [0, 0.1) is 0 Å². The third-order valence-corrected chi connectivity index (χ3v) is 5.67. The first-order chi connectivity index (χ1) is 13.0. The lowest BCUT2D eigenvalue weighted by Gasteiger charge is -2.14. The Morgan fingerprint density at radius 3 is 2.70 bits per heavy atom. The Labute approximate surface area is 171 Å². The molecule has 0 amide bonds. The van der Waals surface area contributed by atoms with Crippen molar-refractivity contribution in [1.29, 1.82) is 0 Å². The fourth-order valence-corrected chi connectivity index (χ4v) is 3.99. The van der Waals surface area contributed by atoms with Crippen molar-refractivity contribution in [2.24, 2.45) is 0 Å². The van der Waals surface area contributed by atoms with Gasteiger partial charge in [-0.3, -0.25) is 9.36 Å². The predicted molar refractivity (Wildman–Crippen MR) is 111 cm³/mol. The first-order valence-electron chi connectivity index (χ1n) is 8.13.